The predicted octanol–water partition coefficient (Wildman–Crippen LogP) is 0.107. The molecule has 0 saturated carbocycles. The highest BCUT2D eigenvalue weighted by molar-refractivity contribution is 6.58. The van der Waals surface area contributed by atoms with Crippen molar-refractivity contribution in [2.45, 2.75) is 6.61 Å². The standard InChI is InChI=1S/C7H6BF3O3/c9-6-4(8(12)13)2-1-3-5(6)14-7(10)11/h1-3,7,12-13H. The fourth-order valence-corrected chi connectivity index (χ4v) is 0.914. The van der Waals surface area contributed by atoms with Crippen LogP contribution in [0.4, 0.5) is 13.2 Å². The lowest BCUT2D eigenvalue weighted by molar-refractivity contribution is -0.0521. The molecule has 7 heteroatoms. The molecular formula is C7H6BF3O3. The smallest absolute Gasteiger partial charge is 0.432 e. The van der Waals surface area contributed by atoms with E-state index in [2.05, 4.69) is 4.74 Å². The Labute approximate surface area is 77.9 Å². The number of halogens is 3. The Morgan fingerprint density at radius 3 is 2.43 bits per heavy atom. The van der Waals surface area contributed by atoms with Crippen molar-refractivity contribution >= 4 is 12.6 Å². The summed E-state index contributed by atoms with van der Waals surface area (Å²) in [6.07, 6.45) is 0. The van der Waals surface area contributed by atoms with Crippen molar-refractivity contribution in [3.05, 3.63) is 24.0 Å². The molecule has 0 fully saturated rings. The second kappa shape index (κ2) is 4.34. The number of ether oxygens (including phenoxy) is 1. The highest BCUT2D eigenvalue weighted by Gasteiger charge is 2.20. The zero-order chi connectivity index (χ0) is 10.7. The van der Waals surface area contributed by atoms with Crippen LogP contribution >= 0.6 is 0 Å². The van der Waals surface area contributed by atoms with Gasteiger partial charge in [0.1, 0.15) is 0 Å². The molecule has 14 heavy (non-hydrogen) atoms. The monoisotopic (exact) mass is 206 g/mol. The summed E-state index contributed by atoms with van der Waals surface area (Å²) in [6, 6.07) is 3.20. The van der Waals surface area contributed by atoms with E-state index in [0.717, 1.165) is 12.1 Å². The van der Waals surface area contributed by atoms with Crippen molar-refractivity contribution in [1.29, 1.82) is 0 Å². The summed E-state index contributed by atoms with van der Waals surface area (Å²) >= 11 is 0. The number of hydrogen-bond acceptors (Lipinski definition) is 3. The quantitative estimate of drug-likeness (QED) is 0.689. The van der Waals surface area contributed by atoms with Gasteiger partial charge in [0.05, 0.1) is 0 Å². The highest BCUT2D eigenvalue weighted by Crippen LogP contribution is 2.16. The zero-order valence-corrected chi connectivity index (χ0v) is 6.82. The second-order valence-corrected chi connectivity index (χ2v) is 2.41. The first kappa shape index (κ1) is 10.9. The van der Waals surface area contributed by atoms with Gasteiger partial charge in [0, 0.05) is 5.46 Å². The molecule has 1 aromatic carbocycles. The summed E-state index contributed by atoms with van der Waals surface area (Å²) in [5.41, 5.74) is -0.511. The maximum Gasteiger partial charge on any atom is 0.491 e. The summed E-state index contributed by atoms with van der Waals surface area (Å²) in [6.45, 7) is -3.16. The minimum absolute atomic E-state index is 0.511. The lowest BCUT2D eigenvalue weighted by Crippen LogP contribution is -2.33. The molecule has 1 rings (SSSR count). The van der Waals surface area contributed by atoms with E-state index in [9.17, 15) is 13.2 Å². The van der Waals surface area contributed by atoms with Gasteiger partial charge in [-0.15, -0.1) is 0 Å². The topological polar surface area (TPSA) is 49.7 Å². The number of rotatable bonds is 3. The van der Waals surface area contributed by atoms with Crippen LogP contribution in [0.2, 0.25) is 0 Å². The Morgan fingerprint density at radius 2 is 1.93 bits per heavy atom. The average molecular weight is 206 g/mol. The lowest BCUT2D eigenvalue weighted by atomic mass is 9.80. The largest absolute Gasteiger partial charge is 0.491 e. The molecular weight excluding hydrogens is 200 g/mol. The summed E-state index contributed by atoms with van der Waals surface area (Å²) in [5.74, 6) is -1.92. The minimum atomic E-state index is -3.16. The zero-order valence-electron chi connectivity index (χ0n) is 6.82. The molecule has 0 aliphatic carbocycles. The first-order chi connectivity index (χ1) is 6.52. The van der Waals surface area contributed by atoms with Crippen molar-refractivity contribution in [3.8, 4) is 5.75 Å². The first-order valence-corrected chi connectivity index (χ1v) is 3.61. The minimum Gasteiger partial charge on any atom is -0.432 e. The summed E-state index contributed by atoms with van der Waals surface area (Å²) < 4.78 is 40.3. The third-order valence-corrected chi connectivity index (χ3v) is 1.49. The molecule has 0 atom stereocenters. The van der Waals surface area contributed by atoms with Crippen LogP contribution < -0.4 is 10.2 Å². The van der Waals surface area contributed by atoms with Gasteiger partial charge < -0.3 is 14.8 Å². The van der Waals surface area contributed by atoms with Crippen LogP contribution in [0.1, 0.15) is 0 Å². The molecule has 0 amide bonds. The molecule has 0 bridgehead atoms. The molecule has 0 aliphatic heterocycles. The molecule has 0 unspecified atom stereocenters. The Kier molecular flexibility index (Phi) is 3.37. The van der Waals surface area contributed by atoms with Gasteiger partial charge in [-0.2, -0.15) is 8.78 Å². The summed E-state index contributed by atoms with van der Waals surface area (Å²) in [7, 11) is -2.06. The van der Waals surface area contributed by atoms with Crippen LogP contribution in [0, 0.1) is 5.82 Å². The van der Waals surface area contributed by atoms with Crippen molar-refractivity contribution in [1.82, 2.24) is 0 Å². The van der Waals surface area contributed by atoms with Gasteiger partial charge in [-0.05, 0) is 6.07 Å². The molecule has 3 nitrogen and oxygen atoms in total. The Hall–Kier alpha value is -1.21. The average Bonchev–Trinajstić information content (AvgIpc) is 2.07. The molecule has 1 aromatic rings. The number of benzene rings is 1. The van der Waals surface area contributed by atoms with Crippen LogP contribution in [0.5, 0.6) is 5.75 Å². The third kappa shape index (κ3) is 2.40. The van der Waals surface area contributed by atoms with Crippen LogP contribution in [-0.4, -0.2) is 23.8 Å². The van der Waals surface area contributed by atoms with E-state index in [4.69, 9.17) is 10.0 Å². The molecule has 0 aromatic heterocycles. The van der Waals surface area contributed by atoms with Crippen molar-refractivity contribution in [2.75, 3.05) is 0 Å². The van der Waals surface area contributed by atoms with Gasteiger partial charge in [0.25, 0.3) is 0 Å². The maximum atomic E-state index is 13.1. The van der Waals surface area contributed by atoms with Gasteiger partial charge in [0.15, 0.2) is 11.6 Å². The van der Waals surface area contributed by atoms with Crippen molar-refractivity contribution in [3.63, 3.8) is 0 Å². The van der Waals surface area contributed by atoms with Crippen molar-refractivity contribution < 1.29 is 28.0 Å². The lowest BCUT2D eigenvalue weighted by Gasteiger charge is -2.08. The maximum absolute atomic E-state index is 13.1. The summed E-state index contributed by atoms with van der Waals surface area (Å²) in [5, 5.41) is 17.3. The fraction of sp³-hybridized carbons (Fsp3) is 0.143. The third-order valence-electron chi connectivity index (χ3n) is 1.49. The normalized spacial score (nSPS) is 10.4. The number of hydrogen-bond donors (Lipinski definition) is 2. The van der Waals surface area contributed by atoms with E-state index in [-0.39, 0.29) is 0 Å². The Balaban J connectivity index is 3.01. The van der Waals surface area contributed by atoms with E-state index < -0.39 is 30.8 Å². The Morgan fingerprint density at radius 1 is 1.29 bits per heavy atom. The molecule has 2 N–H and O–H groups in total. The molecule has 76 valence electrons. The van der Waals surface area contributed by atoms with Crippen molar-refractivity contribution in [2.24, 2.45) is 0 Å². The van der Waals surface area contributed by atoms with E-state index in [0.29, 0.717) is 0 Å². The first-order valence-electron chi connectivity index (χ1n) is 3.61. The van der Waals surface area contributed by atoms with Gasteiger partial charge in [0.2, 0.25) is 0 Å². The van der Waals surface area contributed by atoms with E-state index in [1.54, 1.807) is 0 Å². The fourth-order valence-electron chi connectivity index (χ4n) is 0.914. The molecule has 0 aliphatic rings. The molecule has 0 heterocycles. The molecule has 0 spiro atoms. The van der Waals surface area contributed by atoms with Gasteiger partial charge >= 0.3 is 13.7 Å². The van der Waals surface area contributed by atoms with E-state index >= 15 is 0 Å². The van der Waals surface area contributed by atoms with Crippen LogP contribution in [0.25, 0.3) is 0 Å². The van der Waals surface area contributed by atoms with Crippen LogP contribution in [-0.2, 0) is 0 Å². The van der Waals surface area contributed by atoms with E-state index in [1.165, 1.54) is 6.07 Å². The van der Waals surface area contributed by atoms with Gasteiger partial charge in [-0.25, -0.2) is 4.39 Å². The van der Waals surface area contributed by atoms with Crippen LogP contribution in [0.15, 0.2) is 18.2 Å². The second-order valence-electron chi connectivity index (χ2n) is 2.41. The SMILES string of the molecule is OB(O)c1cccc(OC(F)F)c1F. The highest BCUT2D eigenvalue weighted by atomic mass is 19.3. The molecule has 0 saturated heterocycles. The Bertz CT molecular complexity index is 319. The number of alkyl halides is 2. The van der Waals surface area contributed by atoms with Gasteiger partial charge in [-0.3, -0.25) is 0 Å². The molecule has 0 radical (unpaired) electrons. The van der Waals surface area contributed by atoms with Gasteiger partial charge in [-0.1, -0.05) is 12.1 Å². The van der Waals surface area contributed by atoms with Crippen LogP contribution in [0.3, 0.4) is 0 Å². The van der Waals surface area contributed by atoms with E-state index in [1.807, 2.05) is 0 Å². The summed E-state index contributed by atoms with van der Waals surface area (Å²) in [4.78, 5) is 0. The predicted molar refractivity (Wildman–Crippen MR) is 42.9 cm³/mol.